The summed E-state index contributed by atoms with van der Waals surface area (Å²) in [7, 11) is 0. The minimum atomic E-state index is -0.303. The van der Waals surface area contributed by atoms with Gasteiger partial charge in [0.05, 0.1) is 30.3 Å². The van der Waals surface area contributed by atoms with Crippen LogP contribution in [0.2, 0.25) is 0 Å². The number of ether oxygens (including phenoxy) is 4. The quantitative estimate of drug-likeness (QED) is 0.106. The number of hydrogen-bond donors (Lipinski definition) is 0. The molecule has 83 heavy (non-hydrogen) atoms. The van der Waals surface area contributed by atoms with Gasteiger partial charge in [0.1, 0.15) is 41.4 Å². The summed E-state index contributed by atoms with van der Waals surface area (Å²) >= 11 is 0. The lowest BCUT2D eigenvalue weighted by atomic mass is 9.61. The first-order valence-electron chi connectivity index (χ1n) is 30.2. The van der Waals surface area contributed by atoms with Crippen molar-refractivity contribution in [1.29, 1.82) is 0 Å². The maximum absolute atomic E-state index is 12.5. The summed E-state index contributed by atoms with van der Waals surface area (Å²) in [5.74, 6) is 4.11. The van der Waals surface area contributed by atoms with Crippen molar-refractivity contribution in [1.82, 2.24) is 0 Å². The summed E-state index contributed by atoms with van der Waals surface area (Å²) in [5.41, 5.74) is -1.01. The number of hydrogen-bond acceptors (Lipinski definition) is 12. The Kier molecular flexibility index (Phi) is 43.0. The molecule has 5 heterocycles. The van der Waals surface area contributed by atoms with Gasteiger partial charge >= 0.3 is 23.9 Å². The van der Waals surface area contributed by atoms with E-state index in [0.717, 1.165) is 77.0 Å². The molecule has 5 aliphatic carbocycles. The van der Waals surface area contributed by atoms with Crippen LogP contribution < -0.4 is 0 Å². The zero-order valence-corrected chi connectivity index (χ0v) is 50.4. The molecule has 12 nitrogen and oxygen atoms in total. The fourth-order valence-corrected chi connectivity index (χ4v) is 12.6. The van der Waals surface area contributed by atoms with Crippen molar-refractivity contribution in [3.63, 3.8) is 0 Å². The van der Waals surface area contributed by atoms with Gasteiger partial charge in [-0.1, -0.05) is 184 Å². The molecule has 8 bridgehead atoms. The zero-order valence-electron chi connectivity index (χ0n) is 50.4. The molecule has 10 fully saturated rings. The van der Waals surface area contributed by atoms with Gasteiger partial charge in [-0.05, 0) is 108 Å². The number of esters is 4. The van der Waals surface area contributed by atoms with Crippen molar-refractivity contribution in [3.05, 3.63) is 0 Å². The fourth-order valence-electron chi connectivity index (χ4n) is 12.6. The van der Waals surface area contributed by atoms with Gasteiger partial charge in [0, 0.05) is 71.0 Å². The Labute approximate surface area is 513 Å². The van der Waals surface area contributed by atoms with Crippen LogP contribution >= 0.6 is 0 Å². The molecule has 0 radical (unpaired) electrons. The number of ketones is 4. The van der Waals surface area contributed by atoms with Crippen LogP contribution in [0, 0.1) is 86.8 Å². The zero-order chi connectivity index (χ0) is 57.0. The maximum atomic E-state index is 12.5. The lowest BCUT2D eigenvalue weighted by Gasteiger charge is -2.42. The highest BCUT2D eigenvalue weighted by molar-refractivity contribution is 5.89. The number of cyclic esters (lactones) is 1. The van der Waals surface area contributed by atoms with Crippen LogP contribution in [-0.2, 0) is 57.3 Å². The third-order valence-electron chi connectivity index (χ3n) is 19.6. The molecule has 5 saturated carbocycles. The molecule has 0 N–H and O–H groups in total. The molecule has 14 unspecified atom stereocenters. The normalized spacial score (nSPS) is 29.1. The van der Waals surface area contributed by atoms with Gasteiger partial charge in [-0.3, -0.25) is 38.4 Å². The predicted octanol–water partition coefficient (Wildman–Crippen LogP) is 18.8. The second-order valence-electron chi connectivity index (χ2n) is 25.3. The van der Waals surface area contributed by atoms with Gasteiger partial charge in [0.25, 0.3) is 0 Å². The highest BCUT2D eigenvalue weighted by Crippen LogP contribution is 2.59. The van der Waals surface area contributed by atoms with E-state index in [1.165, 1.54) is 6.42 Å². The summed E-state index contributed by atoms with van der Waals surface area (Å²) in [6, 6.07) is 0. The molecule has 12 heteroatoms. The smallest absolute Gasteiger partial charge is 0.309 e. The molecule has 0 aromatic rings. The molecule has 494 valence electrons. The molecule has 5 saturated heterocycles. The SMILES string of the molecule is C.C.C.C.C.C.C.C.CC.CC.CC.CCC(C)(C)C(=O)CC1C2CC3C(=O)OC1C3C2.CCC(C)(C)C(=O)CC1C2CC3CC(C2)C(=O)OC1C3.CCC(C)(C)C(=O)CC1CCC2CC1OC2=O.CCC(C)(C)C(=O)CC1CCOC1=O. The van der Waals surface area contributed by atoms with Crippen LogP contribution in [0.4, 0.5) is 0 Å². The third kappa shape index (κ3) is 22.3. The summed E-state index contributed by atoms with van der Waals surface area (Å²) in [5, 5.41) is 0. The van der Waals surface area contributed by atoms with Gasteiger partial charge in [-0.2, -0.15) is 0 Å². The molecule has 0 aromatic carbocycles. The molecule has 10 aliphatic rings. The van der Waals surface area contributed by atoms with E-state index in [-0.39, 0.29) is 165 Å². The summed E-state index contributed by atoms with van der Waals surface area (Å²) in [6.45, 7) is 36.6. The van der Waals surface area contributed by atoms with E-state index in [2.05, 4.69) is 13.8 Å². The monoisotopic (exact) mass is 1180 g/mol. The summed E-state index contributed by atoms with van der Waals surface area (Å²) in [6.07, 6.45) is 15.3. The minimum Gasteiger partial charge on any atom is -0.465 e. The lowest BCUT2D eigenvalue weighted by molar-refractivity contribution is -0.154. The van der Waals surface area contributed by atoms with Gasteiger partial charge < -0.3 is 18.9 Å². The molecular formula is C71H138O12. The summed E-state index contributed by atoms with van der Waals surface area (Å²) < 4.78 is 21.4. The van der Waals surface area contributed by atoms with Gasteiger partial charge in [-0.25, -0.2) is 0 Å². The van der Waals surface area contributed by atoms with E-state index in [1.54, 1.807) is 0 Å². The highest BCUT2D eigenvalue weighted by atomic mass is 16.6. The Bertz CT molecular complexity index is 1950. The van der Waals surface area contributed by atoms with Crippen molar-refractivity contribution in [2.45, 2.75) is 318 Å². The molecule has 5 aliphatic heterocycles. The number of carbonyl (C=O) groups is 8. The van der Waals surface area contributed by atoms with E-state index in [4.69, 9.17) is 18.9 Å². The number of Topliss-reactive ketones (excluding diaryl/α,β-unsaturated/α-hetero) is 4. The molecule has 0 aromatic heterocycles. The van der Waals surface area contributed by atoms with Crippen molar-refractivity contribution in [2.24, 2.45) is 86.8 Å². The van der Waals surface area contributed by atoms with E-state index >= 15 is 0 Å². The Balaban J connectivity index is -0.000000225. The average Bonchev–Trinajstić information content (AvgIpc) is 4.19. The van der Waals surface area contributed by atoms with Crippen LogP contribution in [0.15, 0.2) is 0 Å². The van der Waals surface area contributed by atoms with Crippen molar-refractivity contribution >= 4 is 47.0 Å². The minimum absolute atomic E-state index is 0. The average molecular weight is 1180 g/mol. The van der Waals surface area contributed by atoms with Crippen molar-refractivity contribution < 1.29 is 57.3 Å². The van der Waals surface area contributed by atoms with Crippen LogP contribution in [-0.4, -0.2) is 71.9 Å². The topological polar surface area (TPSA) is 173 Å². The molecule has 0 spiro atoms. The molecular weight excluding hydrogens is 1040 g/mol. The predicted molar refractivity (Wildman–Crippen MR) is 348 cm³/mol. The third-order valence-corrected chi connectivity index (χ3v) is 19.6. The Morgan fingerprint density at radius 1 is 0.422 bits per heavy atom. The highest BCUT2D eigenvalue weighted by Gasteiger charge is 2.62. The van der Waals surface area contributed by atoms with Gasteiger partial charge in [0.2, 0.25) is 0 Å². The van der Waals surface area contributed by atoms with Crippen LogP contribution in [0.3, 0.4) is 0 Å². The van der Waals surface area contributed by atoms with Gasteiger partial charge in [0.15, 0.2) is 0 Å². The van der Waals surface area contributed by atoms with Crippen molar-refractivity contribution in [2.75, 3.05) is 6.61 Å². The van der Waals surface area contributed by atoms with Crippen LogP contribution in [0.25, 0.3) is 0 Å². The lowest BCUT2D eigenvalue weighted by Crippen LogP contribution is -2.41. The Morgan fingerprint density at radius 3 is 1.33 bits per heavy atom. The Hall–Kier alpha value is -3.44. The van der Waals surface area contributed by atoms with Crippen LogP contribution in [0.1, 0.15) is 300 Å². The number of fused-ring (bicyclic) bond motifs is 4. The standard InChI is InChI=1S/C17H26O3.C15H22O3.C14H22O3.C11H18O3.3C2H6.8CH4/c1-4-17(2,3)15(18)9-13-11-5-10-6-12(8-11)16(19)20-14(13)7-10;1-4-15(2,3)12(16)7-9-8-5-10-11(6-8)14(17)18-13(9)10;1-4-14(2,3)12(15)8-9-5-6-10-7-11(9)17-13(10)16;1-4-11(2,3)9(12)7-8-5-6-14-10(8)13;3*1-2;;;;;;;;/h10-14H,4-9H2,1-3H3;8-11,13H,4-7H2,1-3H3;9-11H,4-8H2,1-3H3;8H,4-7H2,1-3H3;3*1-2H3;8*1H4. The molecule has 14 atom stereocenters. The molecule has 10 rings (SSSR count). The fraction of sp³-hybridized carbons (Fsp3) is 0.887. The first-order valence-corrected chi connectivity index (χ1v) is 30.2. The summed E-state index contributed by atoms with van der Waals surface area (Å²) in [4.78, 5) is 95.1. The Morgan fingerprint density at radius 2 is 0.855 bits per heavy atom. The number of carbonyl (C=O) groups excluding carboxylic acids is 8. The molecule has 0 amide bonds. The van der Waals surface area contributed by atoms with E-state index in [1.807, 2.05) is 111 Å². The first-order chi connectivity index (χ1) is 35.2. The van der Waals surface area contributed by atoms with Crippen LogP contribution in [0.5, 0.6) is 0 Å². The second-order valence-corrected chi connectivity index (χ2v) is 25.3. The van der Waals surface area contributed by atoms with Gasteiger partial charge in [-0.15, -0.1) is 0 Å². The first kappa shape index (κ1) is 90.7. The second kappa shape index (κ2) is 39.4. The maximum Gasteiger partial charge on any atom is 0.309 e. The van der Waals surface area contributed by atoms with E-state index in [0.29, 0.717) is 85.7 Å². The van der Waals surface area contributed by atoms with E-state index in [9.17, 15) is 38.4 Å². The number of rotatable bonds is 16. The van der Waals surface area contributed by atoms with Crippen molar-refractivity contribution in [3.8, 4) is 0 Å². The largest absolute Gasteiger partial charge is 0.465 e. The van der Waals surface area contributed by atoms with E-state index < -0.39 is 0 Å².